The summed E-state index contributed by atoms with van der Waals surface area (Å²) >= 11 is 0. The van der Waals surface area contributed by atoms with Gasteiger partial charge in [0.15, 0.2) is 0 Å². The summed E-state index contributed by atoms with van der Waals surface area (Å²) in [5.41, 5.74) is 5.85. The summed E-state index contributed by atoms with van der Waals surface area (Å²) in [6.07, 6.45) is 8.01. The molecule has 4 N–H and O–H groups in total. The quantitative estimate of drug-likeness (QED) is 0.648. The molecule has 0 spiro atoms. The Labute approximate surface area is 93.2 Å². The lowest BCUT2D eigenvalue weighted by molar-refractivity contribution is 0.230. The summed E-state index contributed by atoms with van der Waals surface area (Å²) in [4.78, 5) is 0. The highest BCUT2D eigenvalue weighted by Crippen LogP contribution is 2.24. The van der Waals surface area contributed by atoms with E-state index in [4.69, 9.17) is 5.73 Å². The van der Waals surface area contributed by atoms with Crippen LogP contribution in [0, 0.1) is 5.92 Å². The van der Waals surface area contributed by atoms with Gasteiger partial charge in [-0.1, -0.05) is 12.8 Å². The zero-order chi connectivity index (χ0) is 10.5. The van der Waals surface area contributed by atoms with Gasteiger partial charge >= 0.3 is 0 Å². The number of hydrogen-bond acceptors (Lipinski definition) is 3. The van der Waals surface area contributed by atoms with Crippen molar-refractivity contribution in [1.29, 1.82) is 0 Å². The van der Waals surface area contributed by atoms with Crippen molar-refractivity contribution in [3.8, 4) is 0 Å². The van der Waals surface area contributed by atoms with E-state index in [1.807, 2.05) is 0 Å². The molecule has 0 amide bonds. The van der Waals surface area contributed by atoms with Crippen molar-refractivity contribution in [2.75, 3.05) is 19.6 Å². The zero-order valence-electron chi connectivity index (χ0n) is 9.67. The minimum atomic E-state index is 0.701. The molecule has 1 saturated heterocycles. The molecule has 2 rings (SSSR count). The lowest BCUT2D eigenvalue weighted by Gasteiger charge is -2.36. The lowest BCUT2D eigenvalue weighted by Crippen LogP contribution is -2.49. The predicted octanol–water partition coefficient (Wildman–Crippen LogP) is 0.845. The van der Waals surface area contributed by atoms with Gasteiger partial charge in [-0.25, -0.2) is 0 Å². The van der Waals surface area contributed by atoms with Gasteiger partial charge in [0.2, 0.25) is 0 Å². The maximum Gasteiger partial charge on any atom is 0.0110 e. The molecule has 1 aliphatic heterocycles. The molecule has 1 saturated carbocycles. The fraction of sp³-hybridized carbons (Fsp3) is 1.00. The first kappa shape index (κ1) is 11.4. The minimum Gasteiger partial charge on any atom is -0.330 e. The highest BCUT2D eigenvalue weighted by molar-refractivity contribution is 4.86. The topological polar surface area (TPSA) is 50.1 Å². The van der Waals surface area contributed by atoms with Crippen molar-refractivity contribution in [2.45, 2.75) is 50.6 Å². The summed E-state index contributed by atoms with van der Waals surface area (Å²) in [5.74, 6) is 0.730. The van der Waals surface area contributed by atoms with Gasteiger partial charge in [-0.2, -0.15) is 0 Å². The van der Waals surface area contributed by atoms with Crippen LogP contribution < -0.4 is 16.4 Å². The second kappa shape index (κ2) is 5.83. The summed E-state index contributed by atoms with van der Waals surface area (Å²) in [6, 6.07) is 1.44. The Kier molecular flexibility index (Phi) is 4.42. The molecular weight excluding hydrogens is 186 g/mol. The van der Waals surface area contributed by atoms with Crippen LogP contribution in [-0.4, -0.2) is 31.7 Å². The molecule has 0 aromatic heterocycles. The molecule has 1 aliphatic carbocycles. The fourth-order valence-electron chi connectivity index (χ4n) is 3.00. The van der Waals surface area contributed by atoms with Crippen LogP contribution in [0.3, 0.4) is 0 Å². The number of rotatable bonds is 3. The normalized spacial score (nSPS) is 34.2. The Balaban J connectivity index is 1.79. The van der Waals surface area contributed by atoms with Gasteiger partial charge in [-0.3, -0.25) is 0 Å². The van der Waals surface area contributed by atoms with E-state index in [9.17, 15) is 0 Å². The second-order valence-corrected chi connectivity index (χ2v) is 5.08. The van der Waals surface area contributed by atoms with Crippen LogP contribution in [-0.2, 0) is 0 Å². The summed E-state index contributed by atoms with van der Waals surface area (Å²) in [7, 11) is 0. The van der Waals surface area contributed by atoms with Gasteiger partial charge < -0.3 is 16.4 Å². The van der Waals surface area contributed by atoms with Crippen LogP contribution in [0.4, 0.5) is 0 Å². The van der Waals surface area contributed by atoms with Crippen molar-refractivity contribution in [1.82, 2.24) is 10.6 Å². The Morgan fingerprint density at radius 3 is 2.53 bits per heavy atom. The van der Waals surface area contributed by atoms with Gasteiger partial charge in [0.25, 0.3) is 0 Å². The third-order valence-electron chi connectivity index (χ3n) is 4.00. The molecule has 0 aromatic carbocycles. The largest absolute Gasteiger partial charge is 0.330 e. The van der Waals surface area contributed by atoms with E-state index in [1.165, 1.54) is 51.6 Å². The molecular formula is C12H25N3. The Morgan fingerprint density at radius 1 is 1.07 bits per heavy atom. The Hall–Kier alpha value is -0.120. The number of piperidine rings is 1. The minimum absolute atomic E-state index is 0.701. The Morgan fingerprint density at radius 2 is 1.80 bits per heavy atom. The van der Waals surface area contributed by atoms with Crippen molar-refractivity contribution >= 4 is 0 Å². The first-order chi connectivity index (χ1) is 7.40. The van der Waals surface area contributed by atoms with E-state index < -0.39 is 0 Å². The molecule has 3 heteroatoms. The van der Waals surface area contributed by atoms with Gasteiger partial charge in [0.1, 0.15) is 0 Å². The van der Waals surface area contributed by atoms with Gasteiger partial charge in [-0.15, -0.1) is 0 Å². The van der Waals surface area contributed by atoms with E-state index in [1.54, 1.807) is 0 Å². The van der Waals surface area contributed by atoms with E-state index in [0.29, 0.717) is 6.04 Å². The molecule has 3 nitrogen and oxygen atoms in total. The van der Waals surface area contributed by atoms with Crippen molar-refractivity contribution in [3.63, 3.8) is 0 Å². The second-order valence-electron chi connectivity index (χ2n) is 5.08. The van der Waals surface area contributed by atoms with Crippen molar-refractivity contribution in [3.05, 3.63) is 0 Å². The summed E-state index contributed by atoms with van der Waals surface area (Å²) in [5, 5.41) is 7.25. The van der Waals surface area contributed by atoms with Crippen molar-refractivity contribution in [2.24, 2.45) is 11.7 Å². The van der Waals surface area contributed by atoms with Gasteiger partial charge in [-0.05, 0) is 51.2 Å². The number of nitrogens with one attached hydrogen (secondary N) is 2. The highest BCUT2D eigenvalue weighted by Gasteiger charge is 2.26. The van der Waals surface area contributed by atoms with E-state index >= 15 is 0 Å². The molecule has 88 valence electrons. The molecule has 2 fully saturated rings. The number of hydrogen-bond donors (Lipinski definition) is 3. The van der Waals surface area contributed by atoms with Gasteiger partial charge in [0, 0.05) is 12.1 Å². The lowest BCUT2D eigenvalue weighted by atomic mass is 9.83. The SMILES string of the molecule is NC[C@H]1CCCC[C@@H]1NC1CCNCC1. The van der Waals surface area contributed by atoms with Crippen LogP contribution in [0.25, 0.3) is 0 Å². The third kappa shape index (κ3) is 3.16. The average Bonchev–Trinajstić information content (AvgIpc) is 2.31. The van der Waals surface area contributed by atoms with Crippen LogP contribution in [0.2, 0.25) is 0 Å². The summed E-state index contributed by atoms with van der Waals surface area (Å²) in [6.45, 7) is 3.22. The molecule has 0 bridgehead atoms. The van der Waals surface area contributed by atoms with Crippen LogP contribution in [0.1, 0.15) is 38.5 Å². The highest BCUT2D eigenvalue weighted by atomic mass is 15.0. The van der Waals surface area contributed by atoms with Crippen LogP contribution in [0.15, 0.2) is 0 Å². The first-order valence-electron chi connectivity index (χ1n) is 6.57. The molecule has 0 radical (unpaired) electrons. The fourth-order valence-corrected chi connectivity index (χ4v) is 3.00. The molecule has 1 heterocycles. The Bertz CT molecular complexity index is 178. The molecule has 0 unspecified atom stereocenters. The van der Waals surface area contributed by atoms with E-state index in [-0.39, 0.29) is 0 Å². The smallest absolute Gasteiger partial charge is 0.0110 e. The monoisotopic (exact) mass is 211 g/mol. The summed E-state index contributed by atoms with van der Waals surface area (Å²) < 4.78 is 0. The third-order valence-corrected chi connectivity index (χ3v) is 4.00. The standard InChI is InChI=1S/C12H25N3/c13-9-10-3-1-2-4-12(10)15-11-5-7-14-8-6-11/h10-12,14-15H,1-9,13H2/t10-,12+/m1/s1. The molecule has 15 heavy (non-hydrogen) atoms. The number of nitrogens with two attached hydrogens (primary N) is 1. The molecule has 2 aliphatic rings. The van der Waals surface area contributed by atoms with E-state index in [2.05, 4.69) is 10.6 Å². The average molecular weight is 211 g/mol. The zero-order valence-corrected chi connectivity index (χ0v) is 9.67. The van der Waals surface area contributed by atoms with Crippen LogP contribution in [0.5, 0.6) is 0 Å². The maximum atomic E-state index is 5.85. The molecule has 0 aromatic rings. The van der Waals surface area contributed by atoms with E-state index in [0.717, 1.165) is 18.5 Å². The van der Waals surface area contributed by atoms with Gasteiger partial charge in [0.05, 0.1) is 0 Å². The molecule has 2 atom stereocenters. The van der Waals surface area contributed by atoms with Crippen molar-refractivity contribution < 1.29 is 0 Å². The van der Waals surface area contributed by atoms with Crippen LogP contribution >= 0.6 is 0 Å². The first-order valence-corrected chi connectivity index (χ1v) is 6.57. The predicted molar refractivity (Wildman–Crippen MR) is 63.8 cm³/mol. The maximum absolute atomic E-state index is 5.85.